The predicted molar refractivity (Wildman–Crippen MR) is 115 cm³/mol. The molecule has 0 radical (unpaired) electrons. The molecule has 2 aromatic carbocycles. The summed E-state index contributed by atoms with van der Waals surface area (Å²) < 4.78 is 13.1. The van der Waals surface area contributed by atoms with Gasteiger partial charge >= 0.3 is 0 Å². The summed E-state index contributed by atoms with van der Waals surface area (Å²) >= 11 is 1.61. The third-order valence-electron chi connectivity index (χ3n) is 5.90. The third kappa shape index (κ3) is 3.53. The molecule has 3 heterocycles. The third-order valence-corrected chi connectivity index (χ3v) is 6.80. The van der Waals surface area contributed by atoms with Crippen LogP contribution < -0.4 is 9.80 Å². The highest BCUT2D eigenvalue weighted by Gasteiger charge is 2.32. The molecule has 0 spiro atoms. The largest absolute Gasteiger partial charge is 0.348 e. The normalized spacial score (nSPS) is 16.9. The highest BCUT2D eigenvalue weighted by atomic mass is 32.1. The van der Waals surface area contributed by atoms with Crippen molar-refractivity contribution in [3.05, 3.63) is 65.3 Å². The summed E-state index contributed by atoms with van der Waals surface area (Å²) in [6.45, 7) is 2.47. The van der Waals surface area contributed by atoms with Crippen LogP contribution in [0, 0.1) is 11.7 Å². The van der Waals surface area contributed by atoms with Gasteiger partial charge in [-0.1, -0.05) is 18.2 Å². The van der Waals surface area contributed by atoms with E-state index in [4.69, 9.17) is 4.98 Å². The van der Waals surface area contributed by atoms with E-state index in [2.05, 4.69) is 17.0 Å². The summed E-state index contributed by atoms with van der Waals surface area (Å²) in [6, 6.07) is 14.7. The molecule has 0 saturated carbocycles. The Morgan fingerprint density at radius 2 is 1.79 bits per heavy atom. The number of benzene rings is 2. The lowest BCUT2D eigenvalue weighted by Gasteiger charge is -2.33. The van der Waals surface area contributed by atoms with E-state index < -0.39 is 0 Å². The Bertz CT molecular complexity index is 1020. The minimum absolute atomic E-state index is 0.0777. The van der Waals surface area contributed by atoms with Crippen LogP contribution in [0.4, 0.5) is 15.2 Å². The van der Waals surface area contributed by atoms with Crippen LogP contribution in [0.5, 0.6) is 0 Å². The van der Waals surface area contributed by atoms with Gasteiger partial charge in [0.1, 0.15) is 5.82 Å². The molecular formula is C23H22FN3OS. The number of fused-ring (bicyclic) bond motifs is 1. The minimum atomic E-state index is -0.239. The second kappa shape index (κ2) is 7.59. The van der Waals surface area contributed by atoms with E-state index in [9.17, 15) is 9.18 Å². The van der Waals surface area contributed by atoms with Gasteiger partial charge in [0.05, 0.1) is 5.69 Å². The highest BCUT2D eigenvalue weighted by molar-refractivity contribution is 7.14. The molecule has 0 bridgehead atoms. The van der Waals surface area contributed by atoms with E-state index >= 15 is 0 Å². The molecule has 1 aromatic heterocycles. The fourth-order valence-electron chi connectivity index (χ4n) is 4.27. The first kappa shape index (κ1) is 18.3. The van der Waals surface area contributed by atoms with E-state index in [0.717, 1.165) is 61.0 Å². The lowest BCUT2D eigenvalue weighted by molar-refractivity contribution is -0.122. The number of thiazole rings is 1. The number of hydrogen-bond acceptors (Lipinski definition) is 4. The second-order valence-electron chi connectivity index (χ2n) is 7.65. The predicted octanol–water partition coefficient (Wildman–Crippen LogP) is 4.75. The molecule has 4 nitrogen and oxygen atoms in total. The number of hydrogen-bond donors (Lipinski definition) is 0. The Kier molecular flexibility index (Phi) is 4.79. The minimum Gasteiger partial charge on any atom is -0.348 e. The van der Waals surface area contributed by atoms with E-state index in [0.29, 0.717) is 0 Å². The van der Waals surface area contributed by atoms with Crippen LogP contribution in [-0.2, 0) is 11.2 Å². The molecule has 5 rings (SSSR count). The zero-order valence-corrected chi connectivity index (χ0v) is 16.9. The number of nitrogens with zero attached hydrogens (tertiary/aromatic N) is 3. The maximum atomic E-state index is 13.1. The standard InChI is InChI=1S/C23H22FN3OS/c24-19-7-5-16(6-8-19)20-15-29-23(25-20)26-12-9-18(10-13-26)22(28)27-14-11-17-3-1-2-4-21(17)27/h1-8,15,18H,9-14H2. The van der Waals surface area contributed by atoms with Gasteiger partial charge < -0.3 is 9.80 Å². The number of para-hydroxylation sites is 1. The van der Waals surface area contributed by atoms with Crippen LogP contribution in [-0.4, -0.2) is 30.5 Å². The van der Waals surface area contributed by atoms with E-state index in [1.165, 1.54) is 17.7 Å². The fourth-order valence-corrected chi connectivity index (χ4v) is 5.16. The summed E-state index contributed by atoms with van der Waals surface area (Å²) in [7, 11) is 0. The summed E-state index contributed by atoms with van der Waals surface area (Å²) in [6.07, 6.45) is 2.65. The molecule has 3 aromatic rings. The highest BCUT2D eigenvalue weighted by Crippen LogP contribution is 2.33. The molecule has 1 fully saturated rings. The van der Waals surface area contributed by atoms with Gasteiger partial charge in [-0.2, -0.15) is 0 Å². The molecule has 2 aliphatic rings. The van der Waals surface area contributed by atoms with Crippen molar-refractivity contribution < 1.29 is 9.18 Å². The van der Waals surface area contributed by atoms with Gasteiger partial charge in [0.25, 0.3) is 0 Å². The van der Waals surface area contributed by atoms with Gasteiger partial charge in [-0.25, -0.2) is 9.37 Å². The lowest BCUT2D eigenvalue weighted by atomic mass is 9.95. The first-order chi connectivity index (χ1) is 14.2. The molecule has 0 atom stereocenters. The molecule has 29 heavy (non-hydrogen) atoms. The Hall–Kier alpha value is -2.73. The van der Waals surface area contributed by atoms with Crippen molar-refractivity contribution in [2.24, 2.45) is 5.92 Å². The average molecular weight is 408 g/mol. The van der Waals surface area contributed by atoms with E-state index in [1.807, 2.05) is 22.4 Å². The van der Waals surface area contributed by atoms with Crippen LogP contribution in [0.3, 0.4) is 0 Å². The van der Waals surface area contributed by atoms with Crippen LogP contribution in [0.1, 0.15) is 18.4 Å². The van der Waals surface area contributed by atoms with Crippen molar-refractivity contribution in [3.8, 4) is 11.3 Å². The molecule has 148 valence electrons. The monoisotopic (exact) mass is 407 g/mol. The Morgan fingerprint density at radius 3 is 2.59 bits per heavy atom. The van der Waals surface area contributed by atoms with Crippen LogP contribution >= 0.6 is 11.3 Å². The molecule has 1 saturated heterocycles. The number of carbonyl (C=O) groups excluding carboxylic acids is 1. The fraction of sp³-hybridized carbons (Fsp3) is 0.304. The van der Waals surface area contributed by atoms with Crippen molar-refractivity contribution in [1.82, 2.24) is 4.98 Å². The average Bonchev–Trinajstić information content (AvgIpc) is 3.42. The summed E-state index contributed by atoms with van der Waals surface area (Å²) in [5.41, 5.74) is 4.15. The van der Waals surface area contributed by atoms with Crippen molar-refractivity contribution in [2.75, 3.05) is 29.4 Å². The summed E-state index contributed by atoms with van der Waals surface area (Å²) in [5, 5.41) is 2.99. The van der Waals surface area contributed by atoms with E-state index in [1.54, 1.807) is 23.5 Å². The molecule has 6 heteroatoms. The van der Waals surface area contributed by atoms with Gasteiger partial charge in [-0.3, -0.25) is 4.79 Å². The number of piperidine rings is 1. The lowest BCUT2D eigenvalue weighted by Crippen LogP contribution is -2.42. The van der Waals surface area contributed by atoms with Crippen molar-refractivity contribution >= 4 is 28.1 Å². The Balaban J connectivity index is 1.23. The number of anilines is 2. The van der Waals surface area contributed by atoms with Gasteiger partial charge in [-0.15, -0.1) is 11.3 Å². The summed E-state index contributed by atoms with van der Waals surface area (Å²) in [5.74, 6) is 0.103. The smallest absolute Gasteiger partial charge is 0.230 e. The zero-order chi connectivity index (χ0) is 19.8. The van der Waals surface area contributed by atoms with Gasteiger partial charge in [-0.05, 0) is 55.2 Å². The molecule has 0 N–H and O–H groups in total. The van der Waals surface area contributed by atoms with Gasteiger partial charge in [0, 0.05) is 42.2 Å². The van der Waals surface area contributed by atoms with E-state index in [-0.39, 0.29) is 17.6 Å². The van der Waals surface area contributed by atoms with Crippen molar-refractivity contribution in [1.29, 1.82) is 0 Å². The zero-order valence-electron chi connectivity index (χ0n) is 16.1. The van der Waals surface area contributed by atoms with Crippen LogP contribution in [0.2, 0.25) is 0 Å². The maximum absolute atomic E-state index is 13.1. The topological polar surface area (TPSA) is 36.4 Å². The number of aromatic nitrogens is 1. The Morgan fingerprint density at radius 1 is 1.03 bits per heavy atom. The number of amides is 1. The number of rotatable bonds is 3. The quantitative estimate of drug-likeness (QED) is 0.628. The van der Waals surface area contributed by atoms with Gasteiger partial charge in [0.2, 0.25) is 5.91 Å². The van der Waals surface area contributed by atoms with Crippen LogP contribution in [0.25, 0.3) is 11.3 Å². The van der Waals surface area contributed by atoms with Crippen LogP contribution in [0.15, 0.2) is 53.9 Å². The van der Waals surface area contributed by atoms with Crippen molar-refractivity contribution in [2.45, 2.75) is 19.3 Å². The number of carbonyl (C=O) groups is 1. The maximum Gasteiger partial charge on any atom is 0.230 e. The van der Waals surface area contributed by atoms with Gasteiger partial charge in [0.15, 0.2) is 5.13 Å². The first-order valence-electron chi connectivity index (χ1n) is 10.0. The SMILES string of the molecule is O=C(C1CCN(c2nc(-c3ccc(F)cc3)cs2)CC1)N1CCc2ccccc21. The first-order valence-corrected chi connectivity index (χ1v) is 10.9. The molecule has 1 amide bonds. The number of halogens is 1. The Labute approximate surface area is 173 Å². The second-order valence-corrected chi connectivity index (χ2v) is 8.49. The van der Waals surface area contributed by atoms with Crippen molar-refractivity contribution in [3.63, 3.8) is 0 Å². The molecular weight excluding hydrogens is 385 g/mol. The summed E-state index contributed by atoms with van der Waals surface area (Å²) in [4.78, 5) is 22.1. The molecule has 2 aliphatic heterocycles. The molecule has 0 aliphatic carbocycles. The molecule has 0 unspecified atom stereocenters.